The maximum absolute atomic E-state index is 12.5. The molecule has 0 unspecified atom stereocenters. The summed E-state index contributed by atoms with van der Waals surface area (Å²) in [6, 6.07) is 1.97. The summed E-state index contributed by atoms with van der Waals surface area (Å²) in [7, 11) is 0. The molecule has 0 aliphatic carbocycles. The number of nitrogens with zero attached hydrogens (tertiary/aromatic N) is 3. The molecule has 0 spiro atoms. The molecule has 6 nitrogen and oxygen atoms in total. The molecule has 0 saturated carbocycles. The fraction of sp³-hybridized carbons (Fsp3) is 0.111. The number of nitro benzene ring substituents is 1. The van der Waals surface area contributed by atoms with Gasteiger partial charge in [0.25, 0.3) is 0 Å². The van der Waals surface area contributed by atoms with Gasteiger partial charge in [-0.2, -0.15) is 13.2 Å². The Morgan fingerprint density at radius 1 is 1.35 bits per heavy atom. The Labute approximate surface area is 121 Å². The molecular formula is C9H3BrF3N3O3S. The van der Waals surface area contributed by atoms with Crippen LogP contribution < -0.4 is 4.74 Å². The zero-order valence-electron chi connectivity index (χ0n) is 9.22. The van der Waals surface area contributed by atoms with Crippen molar-refractivity contribution >= 4 is 33.0 Å². The van der Waals surface area contributed by atoms with Crippen LogP contribution >= 0.6 is 27.3 Å². The van der Waals surface area contributed by atoms with Gasteiger partial charge in [0.2, 0.25) is 5.75 Å². The highest BCUT2D eigenvalue weighted by molar-refractivity contribution is 9.11. The van der Waals surface area contributed by atoms with E-state index in [0.29, 0.717) is 16.0 Å². The Balaban J connectivity index is 2.40. The molecule has 0 atom stereocenters. The third kappa shape index (κ3) is 3.22. The monoisotopic (exact) mass is 369 g/mol. The minimum absolute atomic E-state index is 0.0280. The molecule has 0 N–H and O–H groups in total. The largest absolute Gasteiger partial charge is 0.422 e. The fourth-order valence-electron chi connectivity index (χ4n) is 1.25. The van der Waals surface area contributed by atoms with Crippen molar-refractivity contribution in [3.8, 4) is 10.9 Å². The summed E-state index contributed by atoms with van der Waals surface area (Å²) in [6.07, 6.45) is -4.67. The van der Waals surface area contributed by atoms with E-state index in [4.69, 9.17) is 4.74 Å². The van der Waals surface area contributed by atoms with Crippen LogP contribution in [0.1, 0.15) is 5.56 Å². The van der Waals surface area contributed by atoms with E-state index >= 15 is 0 Å². The van der Waals surface area contributed by atoms with Crippen molar-refractivity contribution in [1.82, 2.24) is 10.2 Å². The van der Waals surface area contributed by atoms with E-state index in [1.807, 2.05) is 0 Å². The number of alkyl halides is 3. The Morgan fingerprint density at radius 2 is 2.05 bits per heavy atom. The fourth-order valence-corrected chi connectivity index (χ4v) is 2.18. The second-order valence-corrected chi connectivity index (χ2v) is 5.58. The van der Waals surface area contributed by atoms with E-state index in [1.165, 1.54) is 0 Å². The summed E-state index contributed by atoms with van der Waals surface area (Å²) in [6.45, 7) is 0. The average molecular weight is 370 g/mol. The number of benzene rings is 1. The summed E-state index contributed by atoms with van der Waals surface area (Å²) in [5.41, 5.74) is -1.93. The SMILES string of the molecule is O=[N+]([O-])c1cc(C(F)(F)F)ccc1Oc1nnc(Br)s1. The first-order valence-electron chi connectivity index (χ1n) is 4.80. The zero-order chi connectivity index (χ0) is 14.9. The van der Waals surface area contributed by atoms with Gasteiger partial charge in [0.1, 0.15) is 0 Å². The van der Waals surface area contributed by atoms with Gasteiger partial charge in [-0.05, 0) is 39.4 Å². The van der Waals surface area contributed by atoms with Gasteiger partial charge in [0.05, 0.1) is 10.5 Å². The van der Waals surface area contributed by atoms with Crippen molar-refractivity contribution in [2.45, 2.75) is 6.18 Å². The van der Waals surface area contributed by atoms with Gasteiger partial charge in [0.15, 0.2) is 3.92 Å². The first kappa shape index (κ1) is 14.7. The van der Waals surface area contributed by atoms with Gasteiger partial charge < -0.3 is 4.74 Å². The first-order valence-corrected chi connectivity index (χ1v) is 6.41. The molecular weight excluding hydrogens is 367 g/mol. The molecule has 2 rings (SSSR count). The molecule has 0 fully saturated rings. The lowest BCUT2D eigenvalue weighted by molar-refractivity contribution is -0.385. The second kappa shape index (κ2) is 5.32. The van der Waals surface area contributed by atoms with Gasteiger partial charge in [-0.15, -0.1) is 5.10 Å². The molecule has 2 aromatic rings. The van der Waals surface area contributed by atoms with Crippen LogP contribution in [-0.2, 0) is 6.18 Å². The van der Waals surface area contributed by atoms with Crippen LogP contribution in [0.5, 0.6) is 10.9 Å². The van der Waals surface area contributed by atoms with E-state index in [9.17, 15) is 23.3 Å². The van der Waals surface area contributed by atoms with Crippen LogP contribution in [0.25, 0.3) is 0 Å². The highest BCUT2D eigenvalue weighted by atomic mass is 79.9. The molecule has 1 heterocycles. The van der Waals surface area contributed by atoms with Gasteiger partial charge in [-0.25, -0.2) is 0 Å². The van der Waals surface area contributed by atoms with Gasteiger partial charge >= 0.3 is 17.1 Å². The Hall–Kier alpha value is -1.75. The van der Waals surface area contributed by atoms with Gasteiger partial charge in [-0.3, -0.25) is 10.1 Å². The third-order valence-corrected chi connectivity index (χ3v) is 3.30. The quantitative estimate of drug-likeness (QED) is 0.603. The predicted molar refractivity (Wildman–Crippen MR) is 65.8 cm³/mol. The summed E-state index contributed by atoms with van der Waals surface area (Å²) >= 11 is 3.95. The highest BCUT2D eigenvalue weighted by Gasteiger charge is 2.33. The van der Waals surface area contributed by atoms with Crippen molar-refractivity contribution in [1.29, 1.82) is 0 Å². The molecule has 20 heavy (non-hydrogen) atoms. The lowest BCUT2D eigenvalue weighted by Crippen LogP contribution is -2.06. The topological polar surface area (TPSA) is 78.2 Å². The third-order valence-electron chi connectivity index (χ3n) is 2.06. The van der Waals surface area contributed by atoms with Crippen LogP contribution in [0.2, 0.25) is 0 Å². The lowest BCUT2D eigenvalue weighted by atomic mass is 10.2. The standard InChI is InChI=1S/C9H3BrF3N3O3S/c10-7-14-15-8(20-7)19-6-2-1-4(9(11,12)13)3-5(6)16(17)18/h1-3H. The van der Waals surface area contributed by atoms with Crippen molar-refractivity contribution in [3.63, 3.8) is 0 Å². The van der Waals surface area contributed by atoms with Crippen molar-refractivity contribution in [3.05, 3.63) is 37.8 Å². The molecule has 106 valence electrons. The maximum Gasteiger partial charge on any atom is 0.416 e. The molecule has 0 bridgehead atoms. The molecule has 1 aromatic heterocycles. The summed E-state index contributed by atoms with van der Waals surface area (Å²) in [5.74, 6) is -0.341. The normalized spacial score (nSPS) is 11.4. The molecule has 11 heteroatoms. The second-order valence-electron chi connectivity index (χ2n) is 3.36. The molecule has 0 aliphatic rings. The van der Waals surface area contributed by atoms with E-state index in [-0.39, 0.29) is 10.9 Å². The average Bonchev–Trinajstić information content (AvgIpc) is 2.73. The first-order chi connectivity index (χ1) is 9.27. The number of halogens is 4. The molecule has 0 radical (unpaired) electrons. The van der Waals surface area contributed by atoms with E-state index < -0.39 is 22.4 Å². The van der Waals surface area contributed by atoms with Crippen LogP contribution in [0.15, 0.2) is 22.1 Å². The number of ether oxygens (including phenoxy) is 1. The number of hydrogen-bond acceptors (Lipinski definition) is 6. The van der Waals surface area contributed by atoms with Crippen molar-refractivity contribution in [2.75, 3.05) is 0 Å². The molecule has 1 aromatic carbocycles. The summed E-state index contributed by atoms with van der Waals surface area (Å²) in [4.78, 5) is 9.85. The number of aromatic nitrogens is 2. The number of nitro groups is 1. The minimum atomic E-state index is -4.67. The van der Waals surface area contributed by atoms with Gasteiger partial charge in [0, 0.05) is 6.07 Å². The van der Waals surface area contributed by atoms with E-state index in [1.54, 1.807) is 0 Å². The number of hydrogen-bond donors (Lipinski definition) is 0. The molecule has 0 aliphatic heterocycles. The Bertz CT molecular complexity index is 661. The van der Waals surface area contributed by atoms with Crippen molar-refractivity contribution < 1.29 is 22.8 Å². The predicted octanol–water partition coefficient (Wildman–Crippen LogP) is 4.02. The summed E-state index contributed by atoms with van der Waals surface area (Å²) in [5, 5.41) is 17.9. The van der Waals surface area contributed by atoms with E-state index in [0.717, 1.165) is 17.4 Å². The lowest BCUT2D eigenvalue weighted by Gasteiger charge is -2.08. The van der Waals surface area contributed by atoms with Crippen LogP contribution in [0, 0.1) is 10.1 Å². The van der Waals surface area contributed by atoms with Crippen LogP contribution in [0.4, 0.5) is 18.9 Å². The maximum atomic E-state index is 12.5. The Morgan fingerprint density at radius 3 is 2.55 bits per heavy atom. The minimum Gasteiger partial charge on any atom is -0.422 e. The highest BCUT2D eigenvalue weighted by Crippen LogP contribution is 2.38. The van der Waals surface area contributed by atoms with Crippen LogP contribution in [-0.4, -0.2) is 15.1 Å². The smallest absolute Gasteiger partial charge is 0.416 e. The van der Waals surface area contributed by atoms with E-state index in [2.05, 4.69) is 26.1 Å². The number of rotatable bonds is 3. The molecule has 0 amide bonds. The summed E-state index contributed by atoms with van der Waals surface area (Å²) < 4.78 is 43.0. The molecule has 0 saturated heterocycles. The van der Waals surface area contributed by atoms with Gasteiger partial charge in [-0.1, -0.05) is 5.10 Å². The Kier molecular flexibility index (Phi) is 3.90. The van der Waals surface area contributed by atoms with Crippen molar-refractivity contribution in [2.24, 2.45) is 0 Å². The zero-order valence-corrected chi connectivity index (χ0v) is 11.6. The van der Waals surface area contributed by atoms with Crippen LogP contribution in [0.3, 0.4) is 0 Å².